The highest BCUT2D eigenvalue weighted by molar-refractivity contribution is 7.99. The first-order valence-corrected chi connectivity index (χ1v) is 9.53. The second-order valence-corrected chi connectivity index (χ2v) is 7.34. The summed E-state index contributed by atoms with van der Waals surface area (Å²) in [5.41, 5.74) is 3.29. The summed E-state index contributed by atoms with van der Waals surface area (Å²) >= 11 is 13.1. The number of nitrogens with zero attached hydrogens (tertiary/aromatic N) is 2. The third-order valence-corrected chi connectivity index (χ3v) is 4.79. The lowest BCUT2D eigenvalue weighted by atomic mass is 10.1. The van der Waals surface area contributed by atoms with Gasteiger partial charge in [0.1, 0.15) is 0 Å². The number of halogens is 2. The van der Waals surface area contributed by atoms with Gasteiger partial charge < -0.3 is 5.32 Å². The summed E-state index contributed by atoms with van der Waals surface area (Å²) in [6, 6.07) is 16.3. The summed E-state index contributed by atoms with van der Waals surface area (Å²) in [5.74, 6) is 0.0852. The quantitative estimate of drug-likeness (QED) is 0.451. The Kier molecular flexibility index (Phi) is 6.14. The van der Waals surface area contributed by atoms with Gasteiger partial charge in [-0.2, -0.15) is 0 Å². The van der Waals surface area contributed by atoms with Gasteiger partial charge in [-0.1, -0.05) is 47.1 Å². The number of aryl methyl sites for hydroxylation is 1. The second kappa shape index (κ2) is 8.54. The zero-order chi connectivity index (χ0) is 18.5. The van der Waals surface area contributed by atoms with Crippen LogP contribution in [-0.2, 0) is 4.79 Å². The van der Waals surface area contributed by atoms with Gasteiger partial charge in [-0.25, -0.2) is 9.97 Å². The Balaban J connectivity index is 1.66. The Bertz CT molecular complexity index is 915. The lowest BCUT2D eigenvalue weighted by molar-refractivity contribution is -0.113. The highest BCUT2D eigenvalue weighted by Gasteiger charge is 2.09. The van der Waals surface area contributed by atoms with E-state index in [0.717, 1.165) is 17.0 Å². The van der Waals surface area contributed by atoms with Crippen LogP contribution in [0, 0.1) is 6.92 Å². The SMILES string of the molecule is Cc1cc(-c2ccc(Cl)cc2)nc(SCC(=O)Nc2ccc(Cl)cc2)n1. The molecule has 0 aliphatic carbocycles. The Labute approximate surface area is 166 Å². The fourth-order valence-corrected chi connectivity index (χ4v) is 3.19. The van der Waals surface area contributed by atoms with Crippen molar-refractivity contribution in [3.05, 3.63) is 70.3 Å². The number of carbonyl (C=O) groups is 1. The molecule has 1 amide bonds. The third kappa shape index (κ3) is 5.21. The van der Waals surface area contributed by atoms with E-state index in [1.54, 1.807) is 24.3 Å². The molecule has 132 valence electrons. The van der Waals surface area contributed by atoms with E-state index < -0.39 is 0 Å². The molecule has 3 aromatic rings. The molecular formula is C19H15Cl2N3OS. The van der Waals surface area contributed by atoms with Crippen LogP contribution in [-0.4, -0.2) is 21.6 Å². The maximum Gasteiger partial charge on any atom is 0.234 e. The van der Waals surface area contributed by atoms with E-state index in [2.05, 4.69) is 15.3 Å². The maximum atomic E-state index is 12.1. The van der Waals surface area contributed by atoms with Gasteiger partial charge in [-0.15, -0.1) is 0 Å². The molecule has 0 saturated carbocycles. The van der Waals surface area contributed by atoms with Crippen LogP contribution in [0.5, 0.6) is 0 Å². The number of hydrogen-bond acceptors (Lipinski definition) is 4. The molecule has 4 nitrogen and oxygen atoms in total. The zero-order valence-electron chi connectivity index (χ0n) is 13.9. The Morgan fingerprint density at radius 2 is 1.62 bits per heavy atom. The summed E-state index contributed by atoms with van der Waals surface area (Å²) in [7, 11) is 0. The van der Waals surface area contributed by atoms with E-state index in [4.69, 9.17) is 23.2 Å². The summed E-state index contributed by atoms with van der Waals surface area (Å²) < 4.78 is 0. The molecule has 26 heavy (non-hydrogen) atoms. The van der Waals surface area contributed by atoms with E-state index in [-0.39, 0.29) is 11.7 Å². The van der Waals surface area contributed by atoms with Crippen molar-refractivity contribution in [3.8, 4) is 11.3 Å². The number of nitrogens with one attached hydrogen (secondary N) is 1. The molecule has 0 spiro atoms. The first kappa shape index (κ1) is 18.7. The molecule has 1 aromatic heterocycles. The minimum atomic E-state index is -0.129. The first-order valence-electron chi connectivity index (χ1n) is 7.79. The van der Waals surface area contributed by atoms with Gasteiger partial charge in [0.2, 0.25) is 5.91 Å². The number of carbonyl (C=O) groups excluding carboxylic acids is 1. The largest absolute Gasteiger partial charge is 0.325 e. The monoisotopic (exact) mass is 403 g/mol. The predicted octanol–water partition coefficient (Wildman–Crippen LogP) is 5.49. The van der Waals surface area contributed by atoms with E-state index in [9.17, 15) is 4.79 Å². The van der Waals surface area contributed by atoms with Crippen LogP contribution in [0.1, 0.15) is 5.69 Å². The minimum absolute atomic E-state index is 0.129. The van der Waals surface area contributed by atoms with Gasteiger partial charge in [0, 0.05) is 27.0 Å². The molecule has 0 bridgehead atoms. The number of benzene rings is 2. The summed E-state index contributed by atoms with van der Waals surface area (Å²) in [4.78, 5) is 21.0. The van der Waals surface area contributed by atoms with Crippen molar-refractivity contribution in [2.45, 2.75) is 12.1 Å². The lowest BCUT2D eigenvalue weighted by Crippen LogP contribution is -2.14. The van der Waals surface area contributed by atoms with Gasteiger partial charge in [0.25, 0.3) is 0 Å². The van der Waals surface area contributed by atoms with Crippen molar-refractivity contribution >= 4 is 46.6 Å². The highest BCUT2D eigenvalue weighted by atomic mass is 35.5. The number of amides is 1. The van der Waals surface area contributed by atoms with Crippen molar-refractivity contribution in [1.82, 2.24) is 9.97 Å². The molecular weight excluding hydrogens is 389 g/mol. The molecule has 0 radical (unpaired) electrons. The molecule has 0 saturated heterocycles. The van der Waals surface area contributed by atoms with Gasteiger partial charge in [0.05, 0.1) is 11.4 Å². The molecule has 3 rings (SSSR count). The van der Waals surface area contributed by atoms with Crippen molar-refractivity contribution in [3.63, 3.8) is 0 Å². The van der Waals surface area contributed by atoms with Crippen LogP contribution in [0.3, 0.4) is 0 Å². The third-order valence-electron chi connectivity index (χ3n) is 3.43. The van der Waals surface area contributed by atoms with Gasteiger partial charge >= 0.3 is 0 Å². The van der Waals surface area contributed by atoms with Crippen LogP contribution >= 0.6 is 35.0 Å². The minimum Gasteiger partial charge on any atom is -0.325 e. The topological polar surface area (TPSA) is 54.9 Å². The number of rotatable bonds is 5. The molecule has 0 unspecified atom stereocenters. The molecule has 7 heteroatoms. The van der Waals surface area contributed by atoms with Crippen molar-refractivity contribution in [1.29, 1.82) is 0 Å². The number of thioether (sulfide) groups is 1. The van der Waals surface area contributed by atoms with Crippen LogP contribution < -0.4 is 5.32 Å². The van der Waals surface area contributed by atoms with E-state index in [1.165, 1.54) is 11.8 Å². The average Bonchev–Trinajstić information content (AvgIpc) is 2.62. The van der Waals surface area contributed by atoms with Crippen molar-refractivity contribution in [2.75, 3.05) is 11.1 Å². The summed E-state index contributed by atoms with van der Waals surface area (Å²) in [6.45, 7) is 1.90. The molecule has 0 aliphatic rings. The van der Waals surface area contributed by atoms with Gasteiger partial charge in [0.15, 0.2) is 5.16 Å². The van der Waals surface area contributed by atoms with Gasteiger partial charge in [-0.05, 0) is 49.4 Å². The number of hydrogen-bond donors (Lipinski definition) is 1. The van der Waals surface area contributed by atoms with Crippen LogP contribution in [0.4, 0.5) is 5.69 Å². The fourth-order valence-electron chi connectivity index (χ4n) is 2.23. The summed E-state index contributed by atoms with van der Waals surface area (Å²) in [5, 5.41) is 4.67. The van der Waals surface area contributed by atoms with E-state index in [1.807, 2.05) is 37.3 Å². The molecule has 0 aliphatic heterocycles. The first-order chi connectivity index (χ1) is 12.5. The van der Waals surface area contributed by atoms with Crippen LogP contribution in [0.2, 0.25) is 10.0 Å². The van der Waals surface area contributed by atoms with Crippen molar-refractivity contribution in [2.24, 2.45) is 0 Å². The number of aromatic nitrogens is 2. The maximum absolute atomic E-state index is 12.1. The van der Waals surface area contributed by atoms with Crippen LogP contribution in [0.25, 0.3) is 11.3 Å². The smallest absolute Gasteiger partial charge is 0.234 e. The Morgan fingerprint density at radius 3 is 2.27 bits per heavy atom. The normalized spacial score (nSPS) is 10.6. The number of anilines is 1. The highest BCUT2D eigenvalue weighted by Crippen LogP contribution is 2.23. The van der Waals surface area contributed by atoms with Gasteiger partial charge in [-0.3, -0.25) is 4.79 Å². The lowest BCUT2D eigenvalue weighted by Gasteiger charge is -2.07. The van der Waals surface area contributed by atoms with E-state index in [0.29, 0.717) is 20.9 Å². The van der Waals surface area contributed by atoms with Crippen LogP contribution in [0.15, 0.2) is 59.8 Å². The molecule has 0 fully saturated rings. The van der Waals surface area contributed by atoms with E-state index >= 15 is 0 Å². The van der Waals surface area contributed by atoms with Crippen molar-refractivity contribution < 1.29 is 4.79 Å². The second-order valence-electron chi connectivity index (χ2n) is 5.53. The Morgan fingerprint density at radius 1 is 1.00 bits per heavy atom. The molecule has 1 N–H and O–H groups in total. The predicted molar refractivity (Wildman–Crippen MR) is 108 cm³/mol. The summed E-state index contributed by atoms with van der Waals surface area (Å²) in [6.07, 6.45) is 0. The average molecular weight is 404 g/mol. The zero-order valence-corrected chi connectivity index (χ0v) is 16.2. The standard InChI is InChI=1S/C19H15Cl2N3OS/c1-12-10-17(13-2-4-14(20)5-3-13)24-19(22-12)26-11-18(25)23-16-8-6-15(21)7-9-16/h2-10H,11H2,1H3,(H,23,25). The fraction of sp³-hybridized carbons (Fsp3) is 0.105. The Hall–Kier alpha value is -2.08. The molecule has 1 heterocycles. The molecule has 2 aromatic carbocycles. The molecule has 0 atom stereocenters.